The minimum absolute atomic E-state index is 0.0985. The Bertz CT molecular complexity index is 610. The zero-order valence-electron chi connectivity index (χ0n) is 12.5. The van der Waals surface area contributed by atoms with Gasteiger partial charge in [-0.05, 0) is 38.0 Å². The zero-order valence-corrected chi connectivity index (χ0v) is 12.5. The molecular formula is C17H21N3O. The van der Waals surface area contributed by atoms with Crippen molar-refractivity contribution in [1.82, 2.24) is 14.7 Å². The van der Waals surface area contributed by atoms with Crippen LogP contribution in [0.15, 0.2) is 36.4 Å². The van der Waals surface area contributed by atoms with Crippen LogP contribution in [0.2, 0.25) is 0 Å². The summed E-state index contributed by atoms with van der Waals surface area (Å²) in [6.45, 7) is 3.65. The Balaban J connectivity index is 1.93. The number of carbonyl (C=O) groups is 1. The molecule has 0 aliphatic carbocycles. The fraction of sp³-hybridized carbons (Fsp3) is 0.412. The summed E-state index contributed by atoms with van der Waals surface area (Å²) in [5.41, 5.74) is 2.47. The van der Waals surface area contributed by atoms with Gasteiger partial charge in [-0.2, -0.15) is 5.10 Å². The van der Waals surface area contributed by atoms with Crippen molar-refractivity contribution in [1.29, 1.82) is 0 Å². The SMILES string of the molecule is Cc1cc(C(=O)N2CCCCCC2)n(-c2ccccc2)n1. The first-order valence-corrected chi connectivity index (χ1v) is 7.67. The predicted octanol–water partition coefficient (Wildman–Crippen LogP) is 3.20. The lowest BCUT2D eigenvalue weighted by Gasteiger charge is -2.20. The largest absolute Gasteiger partial charge is 0.337 e. The fourth-order valence-corrected chi connectivity index (χ4v) is 2.85. The molecule has 0 saturated carbocycles. The number of hydrogen-bond acceptors (Lipinski definition) is 2. The van der Waals surface area contributed by atoms with E-state index in [2.05, 4.69) is 5.10 Å². The fourth-order valence-electron chi connectivity index (χ4n) is 2.85. The van der Waals surface area contributed by atoms with E-state index in [4.69, 9.17) is 0 Å². The maximum absolute atomic E-state index is 12.8. The van der Waals surface area contributed by atoms with Crippen LogP contribution in [0.5, 0.6) is 0 Å². The van der Waals surface area contributed by atoms with Crippen molar-refractivity contribution in [2.45, 2.75) is 32.6 Å². The lowest BCUT2D eigenvalue weighted by atomic mass is 10.2. The molecule has 0 N–H and O–H groups in total. The van der Waals surface area contributed by atoms with Gasteiger partial charge in [0, 0.05) is 13.1 Å². The summed E-state index contributed by atoms with van der Waals surface area (Å²) >= 11 is 0. The molecule has 0 atom stereocenters. The van der Waals surface area contributed by atoms with Gasteiger partial charge in [-0.3, -0.25) is 4.79 Å². The van der Waals surface area contributed by atoms with Crippen LogP contribution in [0.25, 0.3) is 5.69 Å². The van der Waals surface area contributed by atoms with Gasteiger partial charge in [0.2, 0.25) is 0 Å². The number of nitrogens with zero attached hydrogens (tertiary/aromatic N) is 3. The van der Waals surface area contributed by atoms with E-state index in [0.29, 0.717) is 5.69 Å². The smallest absolute Gasteiger partial charge is 0.272 e. The normalized spacial score (nSPS) is 15.8. The molecule has 3 rings (SSSR count). The molecule has 1 fully saturated rings. The summed E-state index contributed by atoms with van der Waals surface area (Å²) in [5.74, 6) is 0.0985. The molecule has 2 heterocycles. The standard InChI is InChI=1S/C17H21N3O/c1-14-13-16(17(21)19-11-7-2-3-8-12-19)20(18-14)15-9-5-4-6-10-15/h4-6,9-10,13H,2-3,7-8,11-12H2,1H3. The van der Waals surface area contributed by atoms with Gasteiger partial charge >= 0.3 is 0 Å². The molecule has 110 valence electrons. The zero-order chi connectivity index (χ0) is 14.7. The highest BCUT2D eigenvalue weighted by Gasteiger charge is 2.22. The Labute approximate surface area is 125 Å². The molecule has 1 aromatic heterocycles. The minimum Gasteiger partial charge on any atom is -0.337 e. The number of carbonyl (C=O) groups excluding carboxylic acids is 1. The van der Waals surface area contributed by atoms with Crippen molar-refractivity contribution >= 4 is 5.91 Å². The number of rotatable bonds is 2. The molecule has 0 unspecified atom stereocenters. The molecule has 0 spiro atoms. The second-order valence-electron chi connectivity index (χ2n) is 5.62. The maximum Gasteiger partial charge on any atom is 0.272 e. The molecule has 2 aromatic rings. The highest BCUT2D eigenvalue weighted by molar-refractivity contribution is 5.93. The van der Waals surface area contributed by atoms with E-state index in [1.165, 1.54) is 12.8 Å². The van der Waals surface area contributed by atoms with Crippen LogP contribution < -0.4 is 0 Å². The molecule has 1 amide bonds. The van der Waals surface area contributed by atoms with Crippen molar-refractivity contribution in [3.05, 3.63) is 47.8 Å². The summed E-state index contributed by atoms with van der Waals surface area (Å²) in [6, 6.07) is 11.7. The van der Waals surface area contributed by atoms with Crippen LogP contribution in [0, 0.1) is 6.92 Å². The quantitative estimate of drug-likeness (QED) is 0.849. The van der Waals surface area contributed by atoms with Crippen molar-refractivity contribution < 1.29 is 4.79 Å². The highest BCUT2D eigenvalue weighted by Crippen LogP contribution is 2.17. The van der Waals surface area contributed by atoms with E-state index >= 15 is 0 Å². The third kappa shape index (κ3) is 2.99. The van der Waals surface area contributed by atoms with Gasteiger partial charge in [-0.1, -0.05) is 31.0 Å². The van der Waals surface area contributed by atoms with Crippen LogP contribution in [-0.4, -0.2) is 33.7 Å². The maximum atomic E-state index is 12.8. The number of likely N-dealkylation sites (tertiary alicyclic amines) is 1. The van der Waals surface area contributed by atoms with Crippen LogP contribution in [0.1, 0.15) is 41.9 Å². The molecule has 0 radical (unpaired) electrons. The van der Waals surface area contributed by atoms with Crippen LogP contribution in [0.3, 0.4) is 0 Å². The Morgan fingerprint density at radius 2 is 1.71 bits per heavy atom. The van der Waals surface area contributed by atoms with Gasteiger partial charge in [0.25, 0.3) is 5.91 Å². The Morgan fingerprint density at radius 1 is 1.05 bits per heavy atom. The lowest BCUT2D eigenvalue weighted by Crippen LogP contribution is -2.33. The lowest BCUT2D eigenvalue weighted by molar-refractivity contribution is 0.0752. The summed E-state index contributed by atoms with van der Waals surface area (Å²) in [6.07, 6.45) is 4.65. The molecule has 21 heavy (non-hydrogen) atoms. The van der Waals surface area contributed by atoms with E-state index in [9.17, 15) is 4.79 Å². The Morgan fingerprint density at radius 3 is 2.38 bits per heavy atom. The number of amides is 1. The van der Waals surface area contributed by atoms with Gasteiger partial charge < -0.3 is 4.90 Å². The molecule has 1 aliphatic rings. The first kappa shape index (κ1) is 13.9. The molecule has 4 nitrogen and oxygen atoms in total. The van der Waals surface area contributed by atoms with Crippen molar-refractivity contribution in [3.63, 3.8) is 0 Å². The van der Waals surface area contributed by atoms with Crippen molar-refractivity contribution in [2.24, 2.45) is 0 Å². The summed E-state index contributed by atoms with van der Waals surface area (Å²) in [5, 5.41) is 4.49. The third-order valence-corrected chi connectivity index (χ3v) is 3.94. The van der Waals surface area contributed by atoms with Gasteiger partial charge in [-0.15, -0.1) is 0 Å². The Hall–Kier alpha value is -2.10. The average Bonchev–Trinajstić information content (AvgIpc) is 2.73. The monoisotopic (exact) mass is 283 g/mol. The van der Waals surface area contributed by atoms with E-state index in [1.807, 2.05) is 48.2 Å². The van der Waals surface area contributed by atoms with Gasteiger partial charge in [0.1, 0.15) is 5.69 Å². The van der Waals surface area contributed by atoms with E-state index < -0.39 is 0 Å². The molecule has 1 aromatic carbocycles. The summed E-state index contributed by atoms with van der Waals surface area (Å²) in [7, 11) is 0. The number of aromatic nitrogens is 2. The second kappa shape index (κ2) is 6.12. The van der Waals surface area contributed by atoms with E-state index in [-0.39, 0.29) is 5.91 Å². The van der Waals surface area contributed by atoms with Crippen molar-refractivity contribution in [3.8, 4) is 5.69 Å². The van der Waals surface area contributed by atoms with Crippen molar-refractivity contribution in [2.75, 3.05) is 13.1 Å². The van der Waals surface area contributed by atoms with Gasteiger partial charge in [0.15, 0.2) is 0 Å². The number of hydrogen-bond donors (Lipinski definition) is 0. The summed E-state index contributed by atoms with van der Waals surface area (Å²) < 4.78 is 1.77. The topological polar surface area (TPSA) is 38.1 Å². The minimum atomic E-state index is 0.0985. The predicted molar refractivity (Wildman–Crippen MR) is 82.7 cm³/mol. The van der Waals surface area contributed by atoms with Gasteiger partial charge in [-0.25, -0.2) is 4.68 Å². The molecule has 0 bridgehead atoms. The van der Waals surface area contributed by atoms with E-state index in [1.54, 1.807) is 4.68 Å². The molecular weight excluding hydrogens is 262 g/mol. The highest BCUT2D eigenvalue weighted by atomic mass is 16.2. The molecule has 4 heteroatoms. The number of aryl methyl sites for hydroxylation is 1. The van der Waals surface area contributed by atoms with Crippen LogP contribution in [-0.2, 0) is 0 Å². The Kier molecular flexibility index (Phi) is 4.04. The number of para-hydroxylation sites is 1. The average molecular weight is 283 g/mol. The third-order valence-electron chi connectivity index (χ3n) is 3.94. The second-order valence-corrected chi connectivity index (χ2v) is 5.62. The number of benzene rings is 1. The first-order chi connectivity index (χ1) is 10.3. The molecule has 1 aliphatic heterocycles. The first-order valence-electron chi connectivity index (χ1n) is 7.67. The van der Waals surface area contributed by atoms with Crippen LogP contribution >= 0.6 is 0 Å². The molecule has 1 saturated heterocycles. The van der Waals surface area contributed by atoms with Crippen LogP contribution in [0.4, 0.5) is 0 Å². The summed E-state index contributed by atoms with van der Waals surface area (Å²) in [4.78, 5) is 14.8. The van der Waals surface area contributed by atoms with Gasteiger partial charge in [0.05, 0.1) is 11.4 Å². The van der Waals surface area contributed by atoms with E-state index in [0.717, 1.165) is 37.3 Å².